The van der Waals surface area contributed by atoms with Gasteiger partial charge >= 0.3 is 0 Å². The Labute approximate surface area is 180 Å². The predicted octanol–water partition coefficient (Wildman–Crippen LogP) is 5.25. The summed E-state index contributed by atoms with van der Waals surface area (Å²) >= 11 is 1.17. The molecule has 0 N–H and O–H groups in total. The molecule has 3 rings (SSSR count). The van der Waals surface area contributed by atoms with Crippen molar-refractivity contribution in [3.63, 3.8) is 0 Å². The third-order valence-corrected chi connectivity index (χ3v) is 5.24. The van der Waals surface area contributed by atoms with Gasteiger partial charge in [0.25, 0.3) is 5.19 Å². The lowest BCUT2D eigenvalue weighted by Crippen LogP contribution is -2.42. The van der Waals surface area contributed by atoms with E-state index < -0.39 is 0 Å². The molecule has 0 radical (unpaired) electrons. The Balaban J connectivity index is 1.59. The Bertz CT molecular complexity index is 961. The molecular formula is C23H26FN3O2S. The van der Waals surface area contributed by atoms with Crippen LogP contribution in [-0.2, 0) is 17.6 Å². The minimum absolute atomic E-state index is 0.114. The highest BCUT2D eigenvalue weighted by Crippen LogP contribution is 2.24. The Hall–Kier alpha value is -2.80. The largest absolute Gasteiger partial charge is 0.430 e. The topological polar surface area (TPSA) is 55.3 Å². The fraction of sp³-hybridized carbons (Fsp3) is 0.348. The number of amides is 1. The van der Waals surface area contributed by atoms with Crippen LogP contribution in [0.3, 0.4) is 0 Å². The van der Waals surface area contributed by atoms with E-state index in [4.69, 9.17) is 4.74 Å². The summed E-state index contributed by atoms with van der Waals surface area (Å²) in [5.41, 5.74) is 1.87. The second kappa shape index (κ2) is 9.80. The predicted molar refractivity (Wildman–Crippen MR) is 116 cm³/mol. The van der Waals surface area contributed by atoms with Crippen molar-refractivity contribution in [3.8, 4) is 10.9 Å². The molecule has 0 aliphatic carbocycles. The summed E-state index contributed by atoms with van der Waals surface area (Å²) < 4.78 is 23.1. The van der Waals surface area contributed by atoms with Crippen LogP contribution in [0.4, 0.5) is 4.39 Å². The van der Waals surface area contributed by atoms with E-state index in [2.05, 4.69) is 9.36 Å². The lowest BCUT2D eigenvalue weighted by molar-refractivity contribution is -0.134. The van der Waals surface area contributed by atoms with Crippen LogP contribution < -0.4 is 4.74 Å². The number of rotatable bonds is 8. The zero-order valence-electron chi connectivity index (χ0n) is 17.6. The van der Waals surface area contributed by atoms with Crippen LogP contribution in [0.15, 0.2) is 48.5 Å². The number of benzene rings is 2. The first-order valence-electron chi connectivity index (χ1n) is 9.97. The molecule has 0 saturated carbocycles. The van der Waals surface area contributed by atoms with Crippen molar-refractivity contribution >= 4 is 17.4 Å². The first-order chi connectivity index (χ1) is 14.3. The van der Waals surface area contributed by atoms with Crippen molar-refractivity contribution in [2.45, 2.75) is 52.6 Å². The Morgan fingerprint density at radius 2 is 1.60 bits per heavy atom. The van der Waals surface area contributed by atoms with Gasteiger partial charge < -0.3 is 9.64 Å². The van der Waals surface area contributed by atoms with Crippen LogP contribution in [0.25, 0.3) is 0 Å². The van der Waals surface area contributed by atoms with Gasteiger partial charge in [0.1, 0.15) is 11.6 Å². The fourth-order valence-electron chi connectivity index (χ4n) is 3.35. The number of hydrogen-bond donors (Lipinski definition) is 0. The molecule has 0 unspecified atom stereocenters. The third kappa shape index (κ3) is 5.86. The van der Waals surface area contributed by atoms with Crippen LogP contribution >= 0.6 is 11.5 Å². The summed E-state index contributed by atoms with van der Waals surface area (Å²) in [6.45, 7) is 8.12. The second-order valence-electron chi connectivity index (χ2n) is 7.69. The summed E-state index contributed by atoms with van der Waals surface area (Å²) in [4.78, 5) is 18.9. The Kier molecular flexibility index (Phi) is 7.15. The summed E-state index contributed by atoms with van der Waals surface area (Å²) in [5.74, 6) is 1.12. The van der Waals surface area contributed by atoms with Gasteiger partial charge in [0.15, 0.2) is 5.82 Å². The van der Waals surface area contributed by atoms with Crippen LogP contribution in [0.1, 0.15) is 44.6 Å². The van der Waals surface area contributed by atoms with Crippen LogP contribution in [0, 0.1) is 5.82 Å². The molecule has 7 heteroatoms. The molecule has 0 atom stereocenters. The van der Waals surface area contributed by atoms with Crippen molar-refractivity contribution in [3.05, 3.63) is 71.3 Å². The van der Waals surface area contributed by atoms with E-state index in [1.54, 1.807) is 12.1 Å². The van der Waals surface area contributed by atoms with E-state index in [9.17, 15) is 9.18 Å². The summed E-state index contributed by atoms with van der Waals surface area (Å²) in [6.07, 6.45) is 0.876. The number of aromatic nitrogens is 2. The molecule has 2 aromatic carbocycles. The maximum Gasteiger partial charge on any atom is 0.298 e. The van der Waals surface area contributed by atoms with Gasteiger partial charge in [-0.3, -0.25) is 4.79 Å². The molecule has 0 aliphatic rings. The van der Waals surface area contributed by atoms with Gasteiger partial charge in [-0.05, 0) is 63.1 Å². The Morgan fingerprint density at radius 3 is 2.20 bits per heavy atom. The standard InChI is InChI=1S/C23H26FN3O2S/c1-15(2)27(16(3)4)22(28)14-18-7-11-20(12-8-18)29-23-25-21(26-30-23)13-17-5-9-19(24)10-6-17/h5-12,15-16H,13-14H2,1-4H3. The minimum atomic E-state index is -0.264. The number of nitrogens with zero attached hydrogens (tertiary/aromatic N) is 3. The highest BCUT2D eigenvalue weighted by Gasteiger charge is 2.20. The van der Waals surface area contributed by atoms with Crippen LogP contribution in [0.2, 0.25) is 0 Å². The quantitative estimate of drug-likeness (QED) is 0.493. The van der Waals surface area contributed by atoms with Crippen LogP contribution in [0.5, 0.6) is 10.9 Å². The number of halogens is 1. The average Bonchev–Trinajstić information content (AvgIpc) is 3.11. The van der Waals surface area contributed by atoms with Gasteiger partial charge in [0.05, 0.1) is 6.42 Å². The molecule has 3 aromatic rings. The van der Waals surface area contributed by atoms with Gasteiger partial charge in [0, 0.05) is 30.0 Å². The van der Waals surface area contributed by atoms with E-state index in [-0.39, 0.29) is 23.8 Å². The van der Waals surface area contributed by atoms with E-state index >= 15 is 0 Å². The number of carbonyl (C=O) groups is 1. The highest BCUT2D eigenvalue weighted by atomic mass is 32.1. The smallest absolute Gasteiger partial charge is 0.298 e. The first-order valence-corrected chi connectivity index (χ1v) is 10.7. The fourth-order valence-corrected chi connectivity index (χ4v) is 3.92. The third-order valence-electron chi connectivity index (χ3n) is 4.61. The van der Waals surface area contributed by atoms with E-state index in [1.165, 1.54) is 23.7 Å². The molecule has 1 aromatic heterocycles. The molecule has 1 heterocycles. The van der Waals surface area contributed by atoms with Gasteiger partial charge in [-0.2, -0.15) is 9.36 Å². The maximum absolute atomic E-state index is 13.0. The average molecular weight is 428 g/mol. The number of ether oxygens (including phenoxy) is 1. The van der Waals surface area contributed by atoms with Crippen molar-refractivity contribution in [2.75, 3.05) is 0 Å². The van der Waals surface area contributed by atoms with Crippen LogP contribution in [-0.4, -0.2) is 32.2 Å². The lowest BCUT2D eigenvalue weighted by Gasteiger charge is -2.30. The van der Waals surface area contributed by atoms with E-state index in [1.807, 2.05) is 56.9 Å². The van der Waals surface area contributed by atoms with Crippen molar-refractivity contribution in [1.82, 2.24) is 14.3 Å². The maximum atomic E-state index is 13.0. The summed E-state index contributed by atoms with van der Waals surface area (Å²) in [7, 11) is 0. The molecule has 5 nitrogen and oxygen atoms in total. The van der Waals surface area contributed by atoms with Crippen molar-refractivity contribution in [2.24, 2.45) is 0 Å². The van der Waals surface area contributed by atoms with Crippen molar-refractivity contribution < 1.29 is 13.9 Å². The summed E-state index contributed by atoms with van der Waals surface area (Å²) in [5, 5.41) is 0.446. The van der Waals surface area contributed by atoms with Gasteiger partial charge in [-0.15, -0.1) is 0 Å². The molecule has 158 valence electrons. The lowest BCUT2D eigenvalue weighted by atomic mass is 10.1. The normalized spacial score (nSPS) is 11.2. The van der Waals surface area contributed by atoms with Gasteiger partial charge in [-0.1, -0.05) is 24.3 Å². The van der Waals surface area contributed by atoms with Gasteiger partial charge in [0.2, 0.25) is 5.91 Å². The molecule has 0 saturated heterocycles. The SMILES string of the molecule is CC(C)N(C(=O)Cc1ccc(Oc2nc(Cc3ccc(F)cc3)ns2)cc1)C(C)C. The zero-order chi connectivity index (χ0) is 21.7. The number of carbonyl (C=O) groups excluding carboxylic acids is 1. The summed E-state index contributed by atoms with van der Waals surface area (Å²) in [6, 6.07) is 14.1. The first kappa shape index (κ1) is 21.9. The number of hydrogen-bond acceptors (Lipinski definition) is 5. The minimum Gasteiger partial charge on any atom is -0.430 e. The molecule has 0 spiro atoms. The zero-order valence-corrected chi connectivity index (χ0v) is 18.4. The van der Waals surface area contributed by atoms with Gasteiger partial charge in [-0.25, -0.2) is 4.39 Å². The molecular weight excluding hydrogens is 401 g/mol. The second-order valence-corrected chi connectivity index (χ2v) is 8.41. The molecule has 0 fully saturated rings. The Morgan fingerprint density at radius 1 is 1.00 bits per heavy atom. The van der Waals surface area contributed by atoms with E-state index in [0.29, 0.717) is 29.6 Å². The molecule has 30 heavy (non-hydrogen) atoms. The monoisotopic (exact) mass is 427 g/mol. The molecule has 0 bridgehead atoms. The molecule has 1 amide bonds. The molecule has 0 aliphatic heterocycles. The van der Waals surface area contributed by atoms with E-state index in [0.717, 1.165) is 11.1 Å². The highest BCUT2D eigenvalue weighted by molar-refractivity contribution is 7.07. The van der Waals surface area contributed by atoms with Crippen molar-refractivity contribution in [1.29, 1.82) is 0 Å².